The van der Waals surface area contributed by atoms with Gasteiger partial charge in [-0.1, -0.05) is 29.8 Å². The molecule has 0 spiro atoms. The normalized spacial score (nSPS) is 11.0. The number of nitrogens with one attached hydrogen (secondary N) is 1. The summed E-state index contributed by atoms with van der Waals surface area (Å²) in [7, 11) is 1.36. The van der Waals surface area contributed by atoms with Gasteiger partial charge in [0.25, 0.3) is 5.56 Å². The van der Waals surface area contributed by atoms with Crippen molar-refractivity contribution in [3.05, 3.63) is 50.9 Å². The highest BCUT2D eigenvalue weighted by molar-refractivity contribution is 7.99. The molecule has 0 aliphatic rings. The van der Waals surface area contributed by atoms with Crippen LogP contribution < -0.4 is 5.56 Å². The third-order valence-electron chi connectivity index (χ3n) is 3.81. The quantitative estimate of drug-likeness (QED) is 0.690. The minimum atomic E-state index is -0.290. The Morgan fingerprint density at radius 2 is 2.00 bits per heavy atom. The predicted molar refractivity (Wildman–Crippen MR) is 103 cm³/mol. The maximum atomic E-state index is 12.6. The number of carbonyl (C=O) groups is 1. The van der Waals surface area contributed by atoms with Crippen LogP contribution >= 0.6 is 23.1 Å². The molecule has 25 heavy (non-hydrogen) atoms. The summed E-state index contributed by atoms with van der Waals surface area (Å²) in [5, 5.41) is 0.632. The van der Waals surface area contributed by atoms with E-state index in [-0.39, 0.29) is 17.3 Å². The molecule has 5 nitrogen and oxygen atoms in total. The fourth-order valence-corrected chi connectivity index (χ4v) is 4.37. The summed E-state index contributed by atoms with van der Waals surface area (Å²) in [4.78, 5) is 33.0. The molecule has 0 aliphatic heterocycles. The third-order valence-corrected chi connectivity index (χ3v) is 5.73. The average molecular weight is 374 g/mol. The highest BCUT2D eigenvalue weighted by Crippen LogP contribution is 2.35. The van der Waals surface area contributed by atoms with E-state index in [4.69, 9.17) is 0 Å². The van der Waals surface area contributed by atoms with Gasteiger partial charge in [-0.05, 0) is 19.4 Å². The van der Waals surface area contributed by atoms with Crippen LogP contribution in [0.5, 0.6) is 0 Å². The molecule has 3 rings (SSSR count). The number of H-pyrrole nitrogens is 1. The molecule has 0 unspecified atom stereocenters. The topological polar surface area (TPSA) is 72.0 Å². The molecule has 130 valence electrons. The van der Waals surface area contributed by atoms with E-state index in [2.05, 4.69) is 14.7 Å². The largest absolute Gasteiger partial charge is 0.468 e. The van der Waals surface area contributed by atoms with Crippen LogP contribution in [0, 0.1) is 13.8 Å². The average Bonchev–Trinajstić information content (AvgIpc) is 2.92. The minimum Gasteiger partial charge on any atom is -0.468 e. The zero-order chi connectivity index (χ0) is 18.0. The van der Waals surface area contributed by atoms with Gasteiger partial charge in [0.15, 0.2) is 0 Å². The number of aromatic nitrogens is 2. The second kappa shape index (κ2) is 7.41. The highest BCUT2D eigenvalue weighted by atomic mass is 32.2. The van der Waals surface area contributed by atoms with Gasteiger partial charge in [0.1, 0.15) is 10.7 Å². The maximum absolute atomic E-state index is 12.6. The summed E-state index contributed by atoms with van der Waals surface area (Å²) in [6, 6.07) is 8.14. The van der Waals surface area contributed by atoms with Gasteiger partial charge in [0.2, 0.25) is 0 Å². The number of thioether (sulfide) groups is 1. The molecular weight excluding hydrogens is 356 g/mol. The van der Waals surface area contributed by atoms with Gasteiger partial charge in [-0.3, -0.25) is 9.59 Å². The van der Waals surface area contributed by atoms with Gasteiger partial charge in [-0.15, -0.1) is 23.1 Å². The van der Waals surface area contributed by atoms with Crippen molar-refractivity contribution in [2.24, 2.45) is 0 Å². The standard InChI is InChI=1S/C18H18N2O3S2/c1-10-4-6-12(7-5-10)15-11(2)25-18-16(15)17(22)19-13(20-18)8-24-9-14(21)23-3/h4-7H,8-9H2,1-3H3,(H,19,20,22). The number of esters is 1. The van der Waals surface area contributed by atoms with E-state index in [1.165, 1.54) is 35.8 Å². The predicted octanol–water partition coefficient (Wildman–Crippen LogP) is 3.67. The van der Waals surface area contributed by atoms with Crippen LogP contribution in [0.4, 0.5) is 0 Å². The summed E-state index contributed by atoms with van der Waals surface area (Å²) in [6.45, 7) is 4.04. The number of aryl methyl sites for hydroxylation is 2. The van der Waals surface area contributed by atoms with E-state index < -0.39 is 0 Å². The van der Waals surface area contributed by atoms with Crippen LogP contribution in [0.3, 0.4) is 0 Å². The first-order valence-electron chi connectivity index (χ1n) is 7.73. The molecular formula is C18H18N2O3S2. The number of hydrogen-bond donors (Lipinski definition) is 1. The molecule has 0 amide bonds. The number of nitrogens with zero attached hydrogens (tertiary/aromatic N) is 1. The molecule has 0 bridgehead atoms. The van der Waals surface area contributed by atoms with Gasteiger partial charge < -0.3 is 9.72 Å². The summed E-state index contributed by atoms with van der Waals surface area (Å²) in [6.07, 6.45) is 0. The van der Waals surface area contributed by atoms with E-state index in [1.807, 2.05) is 38.1 Å². The lowest BCUT2D eigenvalue weighted by Crippen LogP contribution is -2.11. The number of rotatable bonds is 5. The van der Waals surface area contributed by atoms with Crippen molar-refractivity contribution >= 4 is 39.3 Å². The third kappa shape index (κ3) is 3.77. The first kappa shape index (κ1) is 17.7. The van der Waals surface area contributed by atoms with Gasteiger partial charge in [-0.25, -0.2) is 4.98 Å². The summed E-state index contributed by atoms with van der Waals surface area (Å²) in [5.41, 5.74) is 3.01. The van der Waals surface area contributed by atoms with Crippen molar-refractivity contribution in [1.82, 2.24) is 9.97 Å². The monoisotopic (exact) mass is 374 g/mol. The van der Waals surface area contributed by atoms with Crippen LogP contribution in [0.25, 0.3) is 21.3 Å². The lowest BCUT2D eigenvalue weighted by atomic mass is 10.0. The first-order valence-corrected chi connectivity index (χ1v) is 9.70. The van der Waals surface area contributed by atoms with Crippen LogP contribution in [-0.4, -0.2) is 28.8 Å². The van der Waals surface area contributed by atoms with Crippen molar-refractivity contribution in [3.8, 4) is 11.1 Å². The Hall–Kier alpha value is -2.12. The fraction of sp³-hybridized carbons (Fsp3) is 0.278. The van der Waals surface area contributed by atoms with Gasteiger partial charge in [-0.2, -0.15) is 0 Å². The number of hydrogen-bond acceptors (Lipinski definition) is 6. The van der Waals surface area contributed by atoms with Crippen molar-refractivity contribution in [2.45, 2.75) is 19.6 Å². The number of carbonyl (C=O) groups excluding carboxylic acids is 1. The summed E-state index contributed by atoms with van der Waals surface area (Å²) >= 11 is 2.88. The Kier molecular flexibility index (Phi) is 5.24. The van der Waals surface area contributed by atoms with E-state index in [9.17, 15) is 9.59 Å². The van der Waals surface area contributed by atoms with Gasteiger partial charge in [0, 0.05) is 10.4 Å². The Morgan fingerprint density at radius 3 is 2.68 bits per heavy atom. The first-order chi connectivity index (χ1) is 12.0. The second-order valence-corrected chi connectivity index (χ2v) is 7.85. The molecule has 2 heterocycles. The number of ether oxygens (including phenoxy) is 1. The molecule has 3 aromatic rings. The van der Waals surface area contributed by atoms with Crippen molar-refractivity contribution < 1.29 is 9.53 Å². The molecule has 0 aliphatic carbocycles. The Morgan fingerprint density at radius 1 is 1.28 bits per heavy atom. The van der Waals surface area contributed by atoms with Crippen LogP contribution in [-0.2, 0) is 15.3 Å². The van der Waals surface area contributed by atoms with Crippen LogP contribution in [0.2, 0.25) is 0 Å². The molecule has 0 saturated heterocycles. The van der Waals surface area contributed by atoms with E-state index in [0.717, 1.165) is 20.8 Å². The molecule has 1 aromatic carbocycles. The number of fused-ring (bicyclic) bond motifs is 1. The van der Waals surface area contributed by atoms with E-state index in [0.29, 0.717) is 17.0 Å². The van der Waals surface area contributed by atoms with Gasteiger partial charge >= 0.3 is 5.97 Å². The van der Waals surface area contributed by atoms with Crippen LogP contribution in [0.1, 0.15) is 16.3 Å². The molecule has 0 fully saturated rings. The maximum Gasteiger partial charge on any atom is 0.315 e. The lowest BCUT2D eigenvalue weighted by Gasteiger charge is -2.04. The SMILES string of the molecule is COC(=O)CSCc1nc2sc(C)c(-c3ccc(C)cc3)c2c(=O)[nH]1. The van der Waals surface area contributed by atoms with E-state index in [1.54, 1.807) is 0 Å². The smallest absolute Gasteiger partial charge is 0.315 e. The van der Waals surface area contributed by atoms with E-state index >= 15 is 0 Å². The number of aromatic amines is 1. The van der Waals surface area contributed by atoms with Crippen LogP contribution in [0.15, 0.2) is 29.1 Å². The molecule has 7 heteroatoms. The minimum absolute atomic E-state index is 0.140. The zero-order valence-corrected chi connectivity index (χ0v) is 15.8. The Balaban J connectivity index is 1.97. The second-order valence-electron chi connectivity index (χ2n) is 5.66. The van der Waals surface area contributed by atoms with Crippen molar-refractivity contribution in [1.29, 1.82) is 0 Å². The molecule has 1 N–H and O–H groups in total. The summed E-state index contributed by atoms with van der Waals surface area (Å²) < 4.78 is 4.61. The molecule has 0 radical (unpaired) electrons. The van der Waals surface area contributed by atoms with Crippen molar-refractivity contribution in [3.63, 3.8) is 0 Å². The number of methoxy groups -OCH3 is 1. The molecule has 0 atom stereocenters. The lowest BCUT2D eigenvalue weighted by molar-refractivity contribution is -0.137. The zero-order valence-electron chi connectivity index (χ0n) is 14.2. The Bertz CT molecular complexity index is 974. The summed E-state index contributed by atoms with van der Waals surface area (Å²) in [5.74, 6) is 0.970. The fourth-order valence-electron chi connectivity index (χ4n) is 2.59. The number of benzene rings is 1. The molecule has 0 saturated carbocycles. The van der Waals surface area contributed by atoms with Gasteiger partial charge in [0.05, 0.1) is 24.0 Å². The number of thiophene rings is 1. The van der Waals surface area contributed by atoms with Crippen molar-refractivity contribution in [2.75, 3.05) is 12.9 Å². The highest BCUT2D eigenvalue weighted by Gasteiger charge is 2.16. The Labute approximate surface area is 153 Å². The molecule has 2 aromatic heterocycles.